The van der Waals surface area contributed by atoms with E-state index in [1.807, 2.05) is 13.2 Å². The van der Waals surface area contributed by atoms with E-state index in [2.05, 4.69) is 29.2 Å². The normalized spacial score (nSPS) is 23.0. The Balaban J connectivity index is 1.91. The lowest BCUT2D eigenvalue weighted by atomic mass is 9.86. The number of carbonyl (C=O) groups is 1. The third-order valence-corrected chi connectivity index (χ3v) is 5.48. The second-order valence-electron chi connectivity index (χ2n) is 5.96. The fraction of sp³-hybridized carbons (Fsp3) is 0.588. The molecule has 2 aliphatic carbocycles. The maximum atomic E-state index is 12.8. The lowest BCUT2D eigenvalue weighted by Gasteiger charge is -2.37. The molecule has 3 rings (SSSR count). The Bertz CT molecular complexity index is 498. The fourth-order valence-electron chi connectivity index (χ4n) is 3.27. The molecule has 0 aromatic heterocycles. The second-order valence-corrected chi connectivity index (χ2v) is 7.14. The first-order valence-corrected chi connectivity index (χ1v) is 8.94. The summed E-state index contributed by atoms with van der Waals surface area (Å²) in [6, 6.07) is 9.50. The van der Waals surface area contributed by atoms with Crippen LogP contribution in [-0.4, -0.2) is 28.4 Å². The highest BCUT2D eigenvalue weighted by Crippen LogP contribution is 2.41. The first-order valence-electron chi connectivity index (χ1n) is 7.65. The van der Waals surface area contributed by atoms with Gasteiger partial charge in [0, 0.05) is 6.04 Å². The number of benzene rings is 1. The number of nitrogens with zero attached hydrogens (tertiary/aromatic N) is 1. The molecule has 0 saturated heterocycles. The van der Waals surface area contributed by atoms with Crippen LogP contribution >= 0.6 is 11.8 Å². The summed E-state index contributed by atoms with van der Waals surface area (Å²) >= 11 is 1.66. The molecule has 0 bridgehead atoms. The van der Waals surface area contributed by atoms with Crippen LogP contribution < -0.4 is 0 Å². The van der Waals surface area contributed by atoms with Gasteiger partial charge < -0.3 is 4.90 Å². The SMILES string of the molecule is CSC(C)C(=O)N(C1CC1)C1CCCc2ccccc21. The summed E-state index contributed by atoms with van der Waals surface area (Å²) in [7, 11) is 0. The zero-order chi connectivity index (χ0) is 14.1. The molecule has 0 spiro atoms. The van der Waals surface area contributed by atoms with Gasteiger partial charge in [0.1, 0.15) is 0 Å². The maximum Gasteiger partial charge on any atom is 0.236 e. The Hall–Kier alpha value is -0.960. The Morgan fingerprint density at radius 3 is 2.75 bits per heavy atom. The summed E-state index contributed by atoms with van der Waals surface area (Å²) in [4.78, 5) is 15.0. The standard InChI is InChI=1S/C17H23NOS/c1-12(20-2)17(19)18(14-10-11-14)16-9-5-7-13-6-3-4-8-15(13)16/h3-4,6,8,12,14,16H,5,7,9-11H2,1-2H3. The number of hydrogen-bond acceptors (Lipinski definition) is 2. The quantitative estimate of drug-likeness (QED) is 0.840. The molecule has 1 aromatic rings. The molecule has 108 valence electrons. The Morgan fingerprint density at radius 2 is 2.05 bits per heavy atom. The van der Waals surface area contributed by atoms with Crippen molar-refractivity contribution in [1.82, 2.24) is 4.90 Å². The zero-order valence-electron chi connectivity index (χ0n) is 12.3. The van der Waals surface area contributed by atoms with Crippen LogP contribution in [0.2, 0.25) is 0 Å². The molecule has 2 aliphatic rings. The van der Waals surface area contributed by atoms with E-state index in [-0.39, 0.29) is 5.25 Å². The monoisotopic (exact) mass is 289 g/mol. The predicted molar refractivity (Wildman–Crippen MR) is 85.0 cm³/mol. The number of hydrogen-bond donors (Lipinski definition) is 0. The van der Waals surface area contributed by atoms with E-state index in [0.717, 1.165) is 12.8 Å². The topological polar surface area (TPSA) is 20.3 Å². The maximum absolute atomic E-state index is 12.8. The number of fused-ring (bicyclic) bond motifs is 1. The van der Waals surface area contributed by atoms with E-state index in [1.165, 1.54) is 30.4 Å². The molecule has 0 heterocycles. The van der Waals surface area contributed by atoms with Crippen LogP contribution in [0.5, 0.6) is 0 Å². The minimum absolute atomic E-state index is 0.0738. The lowest BCUT2D eigenvalue weighted by Crippen LogP contribution is -2.42. The van der Waals surface area contributed by atoms with E-state index in [0.29, 0.717) is 18.0 Å². The van der Waals surface area contributed by atoms with Gasteiger partial charge in [-0.1, -0.05) is 24.3 Å². The van der Waals surface area contributed by atoms with Crippen molar-refractivity contribution in [1.29, 1.82) is 0 Å². The predicted octanol–water partition coefficient (Wildman–Crippen LogP) is 3.81. The van der Waals surface area contributed by atoms with Gasteiger partial charge in [-0.15, -0.1) is 0 Å². The van der Waals surface area contributed by atoms with E-state index < -0.39 is 0 Å². The van der Waals surface area contributed by atoms with E-state index in [1.54, 1.807) is 11.8 Å². The third kappa shape index (κ3) is 2.60. The molecule has 0 radical (unpaired) electrons. The van der Waals surface area contributed by atoms with Crippen molar-refractivity contribution >= 4 is 17.7 Å². The average molecular weight is 289 g/mol. The van der Waals surface area contributed by atoms with Crippen LogP contribution in [0, 0.1) is 0 Å². The summed E-state index contributed by atoms with van der Waals surface area (Å²) < 4.78 is 0. The van der Waals surface area contributed by atoms with E-state index in [4.69, 9.17) is 0 Å². The molecule has 0 aliphatic heterocycles. The van der Waals surface area contributed by atoms with Gasteiger partial charge >= 0.3 is 0 Å². The summed E-state index contributed by atoms with van der Waals surface area (Å²) in [6.07, 6.45) is 7.89. The van der Waals surface area contributed by atoms with Gasteiger partial charge in [0.05, 0.1) is 11.3 Å². The van der Waals surface area contributed by atoms with Crippen LogP contribution in [-0.2, 0) is 11.2 Å². The van der Waals surface area contributed by atoms with Crippen molar-refractivity contribution in [3.63, 3.8) is 0 Å². The molecule has 2 nitrogen and oxygen atoms in total. The number of thioether (sulfide) groups is 1. The van der Waals surface area contributed by atoms with Crippen LogP contribution in [0.3, 0.4) is 0 Å². The van der Waals surface area contributed by atoms with E-state index >= 15 is 0 Å². The highest BCUT2D eigenvalue weighted by Gasteiger charge is 2.40. The molecule has 1 amide bonds. The molecule has 0 N–H and O–H groups in total. The van der Waals surface area contributed by atoms with Crippen molar-refractivity contribution in [3.8, 4) is 0 Å². The number of rotatable bonds is 4. The summed E-state index contributed by atoms with van der Waals surface area (Å²) in [5.41, 5.74) is 2.84. The number of amides is 1. The van der Waals surface area contributed by atoms with Gasteiger partial charge in [-0.25, -0.2) is 0 Å². The summed E-state index contributed by atoms with van der Waals surface area (Å²) in [5.74, 6) is 0.335. The Labute approximate surface area is 125 Å². The lowest BCUT2D eigenvalue weighted by molar-refractivity contribution is -0.133. The van der Waals surface area contributed by atoms with Gasteiger partial charge in [-0.05, 0) is 56.4 Å². The first-order chi connectivity index (χ1) is 9.72. The van der Waals surface area contributed by atoms with Crippen LogP contribution in [0.1, 0.15) is 49.8 Å². The molecule has 1 saturated carbocycles. The van der Waals surface area contributed by atoms with Crippen LogP contribution in [0.4, 0.5) is 0 Å². The number of carbonyl (C=O) groups excluding carboxylic acids is 1. The molecular formula is C17H23NOS. The molecule has 2 unspecified atom stereocenters. The molecule has 3 heteroatoms. The zero-order valence-corrected chi connectivity index (χ0v) is 13.2. The Kier molecular flexibility index (Phi) is 4.06. The third-order valence-electron chi connectivity index (χ3n) is 4.57. The summed E-state index contributed by atoms with van der Waals surface area (Å²) in [6.45, 7) is 2.04. The number of aryl methyl sites for hydroxylation is 1. The van der Waals surface area contributed by atoms with Crippen molar-refractivity contribution < 1.29 is 4.79 Å². The highest BCUT2D eigenvalue weighted by atomic mass is 32.2. The van der Waals surface area contributed by atoms with Gasteiger partial charge in [-0.2, -0.15) is 11.8 Å². The van der Waals surface area contributed by atoms with E-state index in [9.17, 15) is 4.79 Å². The first kappa shape index (κ1) is 14.0. The largest absolute Gasteiger partial charge is 0.332 e. The van der Waals surface area contributed by atoms with Gasteiger partial charge in [0.15, 0.2) is 0 Å². The van der Waals surface area contributed by atoms with Crippen molar-refractivity contribution in [3.05, 3.63) is 35.4 Å². The van der Waals surface area contributed by atoms with Crippen molar-refractivity contribution in [2.45, 2.75) is 56.4 Å². The van der Waals surface area contributed by atoms with Gasteiger partial charge in [-0.3, -0.25) is 4.79 Å². The van der Waals surface area contributed by atoms with Crippen molar-refractivity contribution in [2.24, 2.45) is 0 Å². The van der Waals surface area contributed by atoms with Crippen LogP contribution in [0.25, 0.3) is 0 Å². The smallest absolute Gasteiger partial charge is 0.236 e. The molecule has 1 fully saturated rings. The molecule has 20 heavy (non-hydrogen) atoms. The fourth-order valence-corrected chi connectivity index (χ4v) is 3.59. The highest BCUT2D eigenvalue weighted by molar-refractivity contribution is 7.99. The average Bonchev–Trinajstić information content (AvgIpc) is 3.31. The van der Waals surface area contributed by atoms with Gasteiger partial charge in [0.25, 0.3) is 0 Å². The molecular weight excluding hydrogens is 266 g/mol. The molecule has 2 atom stereocenters. The Morgan fingerprint density at radius 1 is 1.30 bits per heavy atom. The minimum atomic E-state index is 0.0738. The molecule has 1 aromatic carbocycles. The van der Waals surface area contributed by atoms with Crippen molar-refractivity contribution in [2.75, 3.05) is 6.26 Å². The minimum Gasteiger partial charge on any atom is -0.332 e. The van der Waals surface area contributed by atoms with Gasteiger partial charge in [0.2, 0.25) is 5.91 Å². The van der Waals surface area contributed by atoms with Crippen LogP contribution in [0.15, 0.2) is 24.3 Å². The summed E-state index contributed by atoms with van der Waals surface area (Å²) in [5, 5.41) is 0.0738. The second kappa shape index (κ2) is 5.80.